The summed E-state index contributed by atoms with van der Waals surface area (Å²) in [7, 11) is 0. The summed E-state index contributed by atoms with van der Waals surface area (Å²) in [6.45, 7) is 7.52. The van der Waals surface area contributed by atoms with Crippen LogP contribution in [0.2, 0.25) is 0 Å². The molecule has 1 aliphatic carbocycles. The number of hydrogen-bond donors (Lipinski definition) is 3. The lowest BCUT2D eigenvalue weighted by Crippen LogP contribution is -2.48. The van der Waals surface area contributed by atoms with Crippen molar-refractivity contribution in [2.24, 2.45) is 0 Å². The maximum atomic E-state index is 11.2. The van der Waals surface area contributed by atoms with Crippen molar-refractivity contribution in [3.05, 3.63) is 12.7 Å². The van der Waals surface area contributed by atoms with Crippen molar-refractivity contribution in [2.75, 3.05) is 0 Å². The molecule has 86 valence electrons. The largest absolute Gasteiger partial charge is 0.393 e. The second kappa shape index (κ2) is 5.28. The zero-order valence-corrected chi connectivity index (χ0v) is 9.36. The van der Waals surface area contributed by atoms with Gasteiger partial charge in [-0.3, -0.25) is 4.79 Å². The van der Waals surface area contributed by atoms with E-state index in [1.165, 1.54) is 6.08 Å². The molecule has 0 bridgehead atoms. The summed E-state index contributed by atoms with van der Waals surface area (Å²) in [6.07, 6.45) is 2.25. The van der Waals surface area contributed by atoms with Crippen molar-refractivity contribution < 1.29 is 9.90 Å². The lowest BCUT2D eigenvalue weighted by atomic mass is 10.1. The molecule has 1 rings (SSSR count). The van der Waals surface area contributed by atoms with Crippen LogP contribution in [-0.4, -0.2) is 35.2 Å². The van der Waals surface area contributed by atoms with Gasteiger partial charge in [-0.05, 0) is 18.9 Å². The van der Waals surface area contributed by atoms with Crippen molar-refractivity contribution in [2.45, 2.75) is 50.9 Å². The van der Waals surface area contributed by atoms with Crippen LogP contribution in [0.4, 0.5) is 0 Å². The van der Waals surface area contributed by atoms with Crippen LogP contribution in [-0.2, 0) is 4.79 Å². The molecule has 3 unspecified atom stereocenters. The molecule has 1 amide bonds. The molecule has 0 radical (unpaired) electrons. The van der Waals surface area contributed by atoms with Gasteiger partial charge in [0.25, 0.3) is 0 Å². The van der Waals surface area contributed by atoms with Crippen LogP contribution in [0.25, 0.3) is 0 Å². The van der Waals surface area contributed by atoms with Crippen LogP contribution in [0, 0.1) is 0 Å². The van der Waals surface area contributed by atoms with E-state index in [1.54, 1.807) is 0 Å². The van der Waals surface area contributed by atoms with Gasteiger partial charge in [-0.2, -0.15) is 0 Å². The highest BCUT2D eigenvalue weighted by Crippen LogP contribution is 2.20. The van der Waals surface area contributed by atoms with E-state index in [2.05, 4.69) is 31.1 Å². The first-order valence-electron chi connectivity index (χ1n) is 5.40. The molecular formula is C11H20N2O2. The molecule has 0 spiro atoms. The van der Waals surface area contributed by atoms with Crippen LogP contribution in [0.3, 0.4) is 0 Å². The van der Waals surface area contributed by atoms with Gasteiger partial charge < -0.3 is 15.7 Å². The Morgan fingerprint density at radius 2 is 2.07 bits per heavy atom. The van der Waals surface area contributed by atoms with E-state index in [0.717, 1.165) is 0 Å². The zero-order chi connectivity index (χ0) is 11.4. The molecule has 0 aromatic carbocycles. The van der Waals surface area contributed by atoms with Crippen molar-refractivity contribution in [1.82, 2.24) is 10.6 Å². The number of hydrogen-bond acceptors (Lipinski definition) is 3. The summed E-state index contributed by atoms with van der Waals surface area (Å²) in [5, 5.41) is 15.7. The summed E-state index contributed by atoms with van der Waals surface area (Å²) in [5.41, 5.74) is 0. The Kier molecular flexibility index (Phi) is 4.29. The van der Waals surface area contributed by atoms with Gasteiger partial charge in [-0.1, -0.05) is 20.4 Å². The van der Waals surface area contributed by atoms with Gasteiger partial charge in [0, 0.05) is 18.1 Å². The Labute approximate surface area is 90.7 Å². The fourth-order valence-corrected chi connectivity index (χ4v) is 2.02. The highest BCUT2D eigenvalue weighted by atomic mass is 16.3. The van der Waals surface area contributed by atoms with E-state index < -0.39 is 0 Å². The molecule has 0 heterocycles. The Hall–Kier alpha value is -0.870. The lowest BCUT2D eigenvalue weighted by molar-refractivity contribution is -0.117. The number of aliphatic hydroxyl groups excluding tert-OH is 1. The van der Waals surface area contributed by atoms with E-state index in [-0.39, 0.29) is 24.1 Å². The molecule has 4 heteroatoms. The van der Waals surface area contributed by atoms with Crippen molar-refractivity contribution in [3.63, 3.8) is 0 Å². The lowest BCUT2D eigenvalue weighted by Gasteiger charge is -2.23. The van der Waals surface area contributed by atoms with Gasteiger partial charge in [0.1, 0.15) is 0 Å². The van der Waals surface area contributed by atoms with Crippen LogP contribution in [0.1, 0.15) is 26.7 Å². The van der Waals surface area contributed by atoms with E-state index in [9.17, 15) is 9.90 Å². The van der Waals surface area contributed by atoms with Gasteiger partial charge >= 0.3 is 0 Å². The number of nitrogens with one attached hydrogen (secondary N) is 2. The monoisotopic (exact) mass is 212 g/mol. The number of carbonyl (C=O) groups excluding carboxylic acids is 1. The third-order valence-corrected chi connectivity index (χ3v) is 2.60. The number of carbonyl (C=O) groups is 1. The highest BCUT2D eigenvalue weighted by Gasteiger charge is 2.33. The minimum atomic E-state index is -0.323. The first kappa shape index (κ1) is 12.2. The van der Waals surface area contributed by atoms with Crippen molar-refractivity contribution >= 4 is 5.91 Å². The molecule has 15 heavy (non-hydrogen) atoms. The standard InChI is InChI=1S/C11H20N2O2/c1-4-11(15)13-10-6-8(14)5-9(10)12-7(2)3/h4,7-10,12,14H,1,5-6H2,2-3H3,(H,13,15). The third-order valence-electron chi connectivity index (χ3n) is 2.60. The average Bonchev–Trinajstić information content (AvgIpc) is 2.45. The zero-order valence-electron chi connectivity index (χ0n) is 9.36. The second-order valence-corrected chi connectivity index (χ2v) is 4.37. The Morgan fingerprint density at radius 3 is 2.60 bits per heavy atom. The second-order valence-electron chi connectivity index (χ2n) is 4.37. The molecule has 1 saturated carbocycles. The minimum Gasteiger partial charge on any atom is -0.393 e. The molecule has 1 fully saturated rings. The quantitative estimate of drug-likeness (QED) is 0.583. The molecule has 1 aliphatic rings. The summed E-state index contributed by atoms with van der Waals surface area (Å²) in [5.74, 6) is -0.176. The smallest absolute Gasteiger partial charge is 0.243 e. The Balaban J connectivity index is 2.52. The Morgan fingerprint density at radius 1 is 1.47 bits per heavy atom. The molecule has 4 nitrogen and oxygen atoms in total. The number of aliphatic hydroxyl groups is 1. The summed E-state index contributed by atoms with van der Waals surface area (Å²) in [6, 6.07) is 0.514. The molecule has 0 aromatic heterocycles. The predicted molar refractivity (Wildman–Crippen MR) is 59.4 cm³/mol. The summed E-state index contributed by atoms with van der Waals surface area (Å²) in [4.78, 5) is 11.2. The minimum absolute atomic E-state index is 0.00731. The van der Waals surface area contributed by atoms with Crippen LogP contribution in [0.5, 0.6) is 0 Å². The van der Waals surface area contributed by atoms with E-state index in [4.69, 9.17) is 0 Å². The van der Waals surface area contributed by atoms with Gasteiger partial charge in [0.05, 0.1) is 6.10 Å². The number of rotatable bonds is 4. The first-order valence-corrected chi connectivity index (χ1v) is 5.40. The SMILES string of the molecule is C=CC(=O)NC1CC(O)CC1NC(C)C. The van der Waals surface area contributed by atoms with Gasteiger partial charge in [0.15, 0.2) is 0 Å². The first-order chi connectivity index (χ1) is 7.02. The third kappa shape index (κ3) is 3.64. The van der Waals surface area contributed by atoms with Crippen LogP contribution < -0.4 is 10.6 Å². The molecule has 3 N–H and O–H groups in total. The van der Waals surface area contributed by atoms with Gasteiger partial charge in [-0.25, -0.2) is 0 Å². The average molecular weight is 212 g/mol. The Bertz CT molecular complexity index is 241. The van der Waals surface area contributed by atoms with Crippen molar-refractivity contribution in [1.29, 1.82) is 0 Å². The maximum absolute atomic E-state index is 11.2. The van der Waals surface area contributed by atoms with E-state index >= 15 is 0 Å². The maximum Gasteiger partial charge on any atom is 0.243 e. The highest BCUT2D eigenvalue weighted by molar-refractivity contribution is 5.87. The van der Waals surface area contributed by atoms with Gasteiger partial charge in [-0.15, -0.1) is 0 Å². The van der Waals surface area contributed by atoms with Crippen molar-refractivity contribution in [3.8, 4) is 0 Å². The van der Waals surface area contributed by atoms with Crippen LogP contribution in [0.15, 0.2) is 12.7 Å². The summed E-state index contributed by atoms with van der Waals surface area (Å²) < 4.78 is 0. The molecule has 0 saturated heterocycles. The van der Waals surface area contributed by atoms with E-state index in [0.29, 0.717) is 18.9 Å². The topological polar surface area (TPSA) is 61.4 Å². The fourth-order valence-electron chi connectivity index (χ4n) is 2.02. The fraction of sp³-hybridized carbons (Fsp3) is 0.727. The van der Waals surface area contributed by atoms with E-state index in [1.807, 2.05) is 0 Å². The number of amides is 1. The molecule has 0 aromatic rings. The van der Waals surface area contributed by atoms with Crippen LogP contribution >= 0.6 is 0 Å². The summed E-state index contributed by atoms with van der Waals surface area (Å²) >= 11 is 0. The molecule has 3 atom stereocenters. The predicted octanol–water partition coefficient (Wildman–Crippen LogP) is 0.178. The normalized spacial score (nSPS) is 30.5. The van der Waals surface area contributed by atoms with Gasteiger partial charge in [0.2, 0.25) is 5.91 Å². The molecule has 0 aliphatic heterocycles. The molecular weight excluding hydrogens is 192 g/mol.